The first kappa shape index (κ1) is 21.5. The number of carbonyl (C=O) groups is 3. The molecule has 4 rings (SSSR count). The van der Waals surface area contributed by atoms with Crippen LogP contribution in [0.15, 0.2) is 23.3 Å². The number of esters is 1. The molecule has 0 unspecified atom stereocenters. The van der Waals surface area contributed by atoms with Crippen LogP contribution in [0.1, 0.15) is 79.6 Å². The highest BCUT2D eigenvalue weighted by atomic mass is 16.5. The third kappa shape index (κ3) is 3.05. The maximum atomic E-state index is 13.3. The van der Waals surface area contributed by atoms with Crippen molar-refractivity contribution in [2.45, 2.75) is 85.7 Å². The van der Waals surface area contributed by atoms with Crippen molar-refractivity contribution in [2.75, 3.05) is 0 Å². The van der Waals surface area contributed by atoms with Crippen molar-refractivity contribution in [3.63, 3.8) is 0 Å². The Kier molecular flexibility index (Phi) is 5.35. The van der Waals surface area contributed by atoms with Crippen LogP contribution in [0.3, 0.4) is 0 Å². The molecule has 3 saturated carbocycles. The van der Waals surface area contributed by atoms with Crippen LogP contribution in [0.4, 0.5) is 0 Å². The molecule has 0 radical (unpaired) electrons. The molecule has 3 fully saturated rings. The molecule has 0 aromatic carbocycles. The summed E-state index contributed by atoms with van der Waals surface area (Å²) in [7, 11) is 0. The summed E-state index contributed by atoms with van der Waals surface area (Å²) in [6.07, 6.45) is 9.68. The molecule has 4 heteroatoms. The Morgan fingerprint density at radius 3 is 2.63 bits per heavy atom. The van der Waals surface area contributed by atoms with Crippen molar-refractivity contribution in [2.24, 2.45) is 34.5 Å². The minimum Gasteiger partial charge on any atom is -0.462 e. The Morgan fingerprint density at radius 2 is 1.97 bits per heavy atom. The molecule has 0 N–H and O–H groups in total. The van der Waals surface area contributed by atoms with Gasteiger partial charge in [0.05, 0.1) is 0 Å². The smallest absolute Gasteiger partial charge is 0.302 e. The first-order valence-electron chi connectivity index (χ1n) is 11.8. The number of Topliss-reactive ketones (excluding diaryl/α,β-unsaturated/α-hetero) is 1. The lowest BCUT2D eigenvalue weighted by molar-refractivity contribution is -0.153. The highest BCUT2D eigenvalue weighted by molar-refractivity contribution is 6.02. The molecule has 0 bridgehead atoms. The zero-order chi connectivity index (χ0) is 21.8. The number of rotatable bonds is 4. The summed E-state index contributed by atoms with van der Waals surface area (Å²) in [5, 5.41) is 0. The van der Waals surface area contributed by atoms with Crippen LogP contribution < -0.4 is 0 Å². The van der Waals surface area contributed by atoms with Gasteiger partial charge in [0.15, 0.2) is 5.78 Å². The Morgan fingerprint density at radius 1 is 1.23 bits per heavy atom. The second kappa shape index (κ2) is 7.46. The summed E-state index contributed by atoms with van der Waals surface area (Å²) in [5.74, 6) is 1.47. The lowest BCUT2D eigenvalue weighted by atomic mass is 9.46. The first-order valence-corrected chi connectivity index (χ1v) is 11.8. The maximum Gasteiger partial charge on any atom is 0.302 e. The highest BCUT2D eigenvalue weighted by Crippen LogP contribution is 2.66. The van der Waals surface area contributed by atoms with Crippen molar-refractivity contribution in [1.82, 2.24) is 0 Å². The summed E-state index contributed by atoms with van der Waals surface area (Å²) in [5.41, 5.74) is 2.06. The van der Waals surface area contributed by atoms with E-state index in [1.165, 1.54) is 18.1 Å². The Bertz CT molecular complexity index is 836. The van der Waals surface area contributed by atoms with E-state index >= 15 is 0 Å². The maximum absolute atomic E-state index is 13.3. The zero-order valence-electron chi connectivity index (χ0n) is 19.1. The molecule has 0 heterocycles. The van der Waals surface area contributed by atoms with Crippen molar-refractivity contribution >= 4 is 17.5 Å². The van der Waals surface area contributed by atoms with E-state index < -0.39 is 0 Å². The average Bonchev–Trinajstić information content (AvgIpc) is 2.94. The predicted octanol–water partition coefficient (Wildman–Crippen LogP) is 5.21. The number of fused-ring (bicyclic) bond motifs is 5. The number of carbonyl (C=O) groups excluding carboxylic acids is 3. The monoisotopic (exact) mass is 412 g/mol. The van der Waals surface area contributed by atoms with Crippen molar-refractivity contribution in [1.29, 1.82) is 0 Å². The number of ketones is 2. The van der Waals surface area contributed by atoms with Crippen LogP contribution in [0.25, 0.3) is 0 Å². The van der Waals surface area contributed by atoms with E-state index in [0.717, 1.165) is 38.5 Å². The van der Waals surface area contributed by atoms with Gasteiger partial charge >= 0.3 is 5.97 Å². The SMILES string of the molecule is CCC[C@H](OC(C)=O)[C@H]1CC(=O)[C@@]2(C)CC[C@H]3[C@@H](CCC4=CC(=O)C=C(C)[C@@]43C)[C@H]12. The molecular formula is C26H36O4. The fourth-order valence-electron chi connectivity index (χ4n) is 7.73. The van der Waals surface area contributed by atoms with Crippen molar-refractivity contribution in [3.8, 4) is 0 Å². The lowest BCUT2D eigenvalue weighted by Gasteiger charge is -2.58. The van der Waals surface area contributed by atoms with Gasteiger partial charge in [-0.1, -0.05) is 38.3 Å². The molecule has 0 aromatic heterocycles. The minimum absolute atomic E-state index is 0.0873. The summed E-state index contributed by atoms with van der Waals surface area (Å²) < 4.78 is 5.81. The second-order valence-corrected chi connectivity index (χ2v) is 10.6. The summed E-state index contributed by atoms with van der Waals surface area (Å²) in [6, 6.07) is 0. The van der Waals surface area contributed by atoms with Gasteiger partial charge in [-0.2, -0.15) is 0 Å². The standard InChI is InChI=1S/C26H36O4/c1-6-7-22(30-16(3)27)20-14-23(29)25(4)11-10-21-19(24(20)25)9-8-17-13-18(28)12-15(2)26(17,21)5/h12-13,19-22,24H,6-11,14H2,1-5H3/t19-,20-,21+,22+,24-,25-,26+/m1/s1. The molecule has 0 spiro atoms. The van der Waals surface area contributed by atoms with Crippen LogP contribution in [0, 0.1) is 34.5 Å². The van der Waals surface area contributed by atoms with Crippen molar-refractivity contribution < 1.29 is 19.1 Å². The number of hydrogen-bond acceptors (Lipinski definition) is 4. The van der Waals surface area contributed by atoms with Crippen LogP contribution in [0.2, 0.25) is 0 Å². The molecule has 7 atom stereocenters. The first-order chi connectivity index (χ1) is 14.1. The van der Waals surface area contributed by atoms with E-state index in [1.54, 1.807) is 0 Å². The van der Waals surface area contributed by atoms with Crippen LogP contribution in [-0.2, 0) is 19.1 Å². The zero-order valence-corrected chi connectivity index (χ0v) is 19.1. The van der Waals surface area contributed by atoms with Crippen LogP contribution in [-0.4, -0.2) is 23.6 Å². The largest absolute Gasteiger partial charge is 0.462 e. The molecule has 30 heavy (non-hydrogen) atoms. The second-order valence-electron chi connectivity index (χ2n) is 10.6. The van der Waals surface area contributed by atoms with Gasteiger partial charge in [0.1, 0.15) is 11.9 Å². The van der Waals surface area contributed by atoms with Gasteiger partial charge in [-0.25, -0.2) is 0 Å². The van der Waals surface area contributed by atoms with Gasteiger partial charge in [-0.05, 0) is 68.9 Å². The molecule has 0 amide bonds. The van der Waals surface area contributed by atoms with E-state index in [0.29, 0.717) is 24.0 Å². The molecule has 4 nitrogen and oxygen atoms in total. The molecule has 4 aliphatic carbocycles. The molecule has 0 aromatic rings. The van der Waals surface area contributed by atoms with Crippen LogP contribution in [0.5, 0.6) is 0 Å². The summed E-state index contributed by atoms with van der Waals surface area (Å²) in [6.45, 7) is 10.2. The van der Waals surface area contributed by atoms with Gasteiger partial charge in [0.2, 0.25) is 0 Å². The average molecular weight is 413 g/mol. The minimum atomic E-state index is -0.308. The molecule has 0 saturated heterocycles. The van der Waals surface area contributed by atoms with Gasteiger partial charge in [-0.3, -0.25) is 14.4 Å². The van der Waals surface area contributed by atoms with Crippen LogP contribution >= 0.6 is 0 Å². The summed E-state index contributed by atoms with van der Waals surface area (Å²) >= 11 is 0. The van der Waals surface area contributed by atoms with E-state index in [4.69, 9.17) is 4.74 Å². The molecule has 4 aliphatic rings. The topological polar surface area (TPSA) is 60.4 Å². The number of ether oxygens (including phenoxy) is 1. The van der Waals surface area contributed by atoms with Gasteiger partial charge in [0, 0.05) is 30.1 Å². The Hall–Kier alpha value is -1.71. The number of allylic oxidation sites excluding steroid dienone is 4. The van der Waals surface area contributed by atoms with Gasteiger partial charge in [0.25, 0.3) is 0 Å². The van der Waals surface area contributed by atoms with E-state index in [2.05, 4.69) is 27.7 Å². The molecule has 164 valence electrons. The van der Waals surface area contributed by atoms with Crippen molar-refractivity contribution in [3.05, 3.63) is 23.3 Å². The van der Waals surface area contributed by atoms with Gasteiger partial charge < -0.3 is 4.74 Å². The highest BCUT2D eigenvalue weighted by Gasteiger charge is 2.63. The summed E-state index contributed by atoms with van der Waals surface area (Å²) in [4.78, 5) is 37.3. The third-order valence-electron chi connectivity index (χ3n) is 9.23. The molecular weight excluding hydrogens is 376 g/mol. The normalized spacial score (nSPS) is 41.2. The number of hydrogen-bond donors (Lipinski definition) is 0. The molecule has 0 aliphatic heterocycles. The predicted molar refractivity (Wildman–Crippen MR) is 116 cm³/mol. The van der Waals surface area contributed by atoms with E-state index in [-0.39, 0.29) is 40.5 Å². The fourth-order valence-corrected chi connectivity index (χ4v) is 7.73. The van der Waals surface area contributed by atoms with Gasteiger partial charge in [-0.15, -0.1) is 0 Å². The van der Waals surface area contributed by atoms with E-state index in [9.17, 15) is 14.4 Å². The quantitative estimate of drug-likeness (QED) is 0.595. The Balaban J connectivity index is 1.73. The van der Waals surface area contributed by atoms with E-state index in [1.807, 2.05) is 12.2 Å². The Labute approximate surface area is 180 Å². The lowest BCUT2D eigenvalue weighted by Crippen LogP contribution is -2.53. The third-order valence-corrected chi connectivity index (χ3v) is 9.23. The fraction of sp³-hybridized carbons (Fsp3) is 0.731.